The molecule has 3 aromatic rings. The van der Waals surface area contributed by atoms with Crippen LogP contribution in [0.15, 0.2) is 77.8 Å². The predicted octanol–water partition coefficient (Wildman–Crippen LogP) is 7.34. The normalized spacial score (nSPS) is 19.2. The van der Waals surface area contributed by atoms with Crippen LogP contribution in [0, 0.1) is 0 Å². The molecule has 1 aliphatic carbocycles. The molecule has 0 heterocycles. The molecule has 1 fully saturated rings. The van der Waals surface area contributed by atoms with Crippen LogP contribution in [0.1, 0.15) is 81.2 Å². The molecule has 0 unspecified atom stereocenters. The van der Waals surface area contributed by atoms with E-state index in [-0.39, 0.29) is 16.9 Å². The maximum Gasteiger partial charge on any atom is 0.128 e. The van der Waals surface area contributed by atoms with Gasteiger partial charge in [0.15, 0.2) is 0 Å². The summed E-state index contributed by atoms with van der Waals surface area (Å²) in [7, 11) is 4.30. The summed E-state index contributed by atoms with van der Waals surface area (Å²) in [5, 5.41) is 11.6. The van der Waals surface area contributed by atoms with Crippen molar-refractivity contribution in [3.8, 4) is 5.75 Å². The highest BCUT2D eigenvalue weighted by atomic mass is 16.3. The lowest BCUT2D eigenvalue weighted by Gasteiger charge is -2.34. The highest BCUT2D eigenvalue weighted by molar-refractivity contribution is 5.85. The van der Waals surface area contributed by atoms with Crippen molar-refractivity contribution in [2.75, 3.05) is 14.1 Å². The Morgan fingerprint density at radius 2 is 1.33 bits per heavy atom. The third kappa shape index (κ3) is 5.27. The van der Waals surface area contributed by atoms with Gasteiger partial charge in [-0.3, -0.25) is 4.99 Å². The number of phenolic OH excluding ortho intramolecular Hbond substituents is 1. The summed E-state index contributed by atoms with van der Waals surface area (Å²) >= 11 is 0. The molecule has 36 heavy (non-hydrogen) atoms. The summed E-state index contributed by atoms with van der Waals surface area (Å²) in [6, 6.07) is 26.1. The van der Waals surface area contributed by atoms with E-state index in [0.717, 1.165) is 17.5 Å². The van der Waals surface area contributed by atoms with Gasteiger partial charge in [-0.1, -0.05) is 107 Å². The van der Waals surface area contributed by atoms with Crippen molar-refractivity contribution in [3.63, 3.8) is 0 Å². The van der Waals surface area contributed by atoms with Crippen LogP contribution in [0.25, 0.3) is 0 Å². The second-order valence-electron chi connectivity index (χ2n) is 11.6. The Hall–Kier alpha value is -2.91. The van der Waals surface area contributed by atoms with Crippen molar-refractivity contribution in [1.82, 2.24) is 4.90 Å². The van der Waals surface area contributed by atoms with Crippen LogP contribution in [-0.4, -0.2) is 42.4 Å². The Labute approximate surface area is 217 Å². The molecular weight excluding hydrogens is 440 g/mol. The van der Waals surface area contributed by atoms with E-state index >= 15 is 0 Å². The highest BCUT2D eigenvalue weighted by Crippen LogP contribution is 2.42. The summed E-state index contributed by atoms with van der Waals surface area (Å²) in [4.78, 5) is 7.39. The number of hydrogen-bond donors (Lipinski definition) is 1. The number of likely N-dealkylation sites (N-methyl/N-ethyl adjacent to an activating group) is 1. The van der Waals surface area contributed by atoms with E-state index in [9.17, 15) is 5.11 Å². The van der Waals surface area contributed by atoms with Gasteiger partial charge < -0.3 is 10.0 Å². The summed E-state index contributed by atoms with van der Waals surface area (Å²) in [6.07, 6.45) is 6.69. The smallest absolute Gasteiger partial charge is 0.128 e. The van der Waals surface area contributed by atoms with E-state index in [1.54, 1.807) is 0 Å². The third-order valence-electron chi connectivity index (χ3n) is 8.29. The minimum Gasteiger partial charge on any atom is -0.507 e. The van der Waals surface area contributed by atoms with Crippen molar-refractivity contribution in [1.29, 1.82) is 0 Å². The van der Waals surface area contributed by atoms with Crippen LogP contribution in [0.5, 0.6) is 5.75 Å². The topological polar surface area (TPSA) is 35.8 Å². The Bertz CT molecular complexity index is 1180. The maximum absolute atomic E-state index is 11.6. The molecule has 1 aliphatic rings. The van der Waals surface area contributed by atoms with E-state index in [1.165, 1.54) is 36.0 Å². The largest absolute Gasteiger partial charge is 0.507 e. The summed E-state index contributed by atoms with van der Waals surface area (Å²) in [5.41, 5.74) is 4.76. The number of aromatic hydroxyl groups is 1. The first-order valence-electron chi connectivity index (χ1n) is 13.3. The van der Waals surface area contributed by atoms with Crippen molar-refractivity contribution in [2.24, 2.45) is 4.99 Å². The van der Waals surface area contributed by atoms with E-state index in [1.807, 2.05) is 12.3 Å². The molecule has 0 spiro atoms. The predicted molar refractivity (Wildman–Crippen MR) is 153 cm³/mol. The lowest BCUT2D eigenvalue weighted by atomic mass is 9.72. The Morgan fingerprint density at radius 1 is 0.778 bits per heavy atom. The molecule has 0 bridgehead atoms. The average molecular weight is 483 g/mol. The number of benzene rings is 3. The lowest BCUT2D eigenvalue weighted by molar-refractivity contribution is 0.203. The van der Waals surface area contributed by atoms with Crippen molar-refractivity contribution in [2.45, 2.75) is 76.3 Å². The number of nitrogens with zero attached hydrogens (tertiary/aromatic N) is 2. The van der Waals surface area contributed by atoms with Gasteiger partial charge in [0, 0.05) is 34.2 Å². The van der Waals surface area contributed by atoms with Crippen LogP contribution < -0.4 is 0 Å². The minimum absolute atomic E-state index is 0.226. The Morgan fingerprint density at radius 3 is 1.92 bits per heavy atom. The van der Waals surface area contributed by atoms with E-state index in [0.29, 0.717) is 11.8 Å². The molecule has 2 atom stereocenters. The fourth-order valence-corrected chi connectivity index (χ4v) is 5.67. The summed E-state index contributed by atoms with van der Waals surface area (Å²) < 4.78 is 0. The van der Waals surface area contributed by atoms with Gasteiger partial charge in [-0.2, -0.15) is 0 Å². The van der Waals surface area contributed by atoms with E-state index in [4.69, 9.17) is 4.99 Å². The SMILES string of the molecule is CN(C)[C@@H]1CCCC[C@H]1N=Cc1cc(C(C)(C)c2ccccc2)cc(C(C)(C)c2ccccc2)c1O. The molecule has 0 saturated heterocycles. The molecule has 4 rings (SSSR count). The molecule has 0 amide bonds. The molecule has 3 nitrogen and oxygen atoms in total. The van der Waals surface area contributed by atoms with Crippen molar-refractivity contribution < 1.29 is 5.11 Å². The van der Waals surface area contributed by atoms with Crippen LogP contribution in [0.4, 0.5) is 0 Å². The standard InChI is InChI=1S/C33H42N2O/c1-32(2,25-15-9-7-10-16-25)27-21-24(23-34-29-19-13-14-20-30(29)35(5)6)31(36)28(22-27)33(3,4)26-17-11-8-12-18-26/h7-12,15-18,21-23,29-30,36H,13-14,19-20H2,1-6H3/t29-,30-/m1/s1. The molecule has 0 aliphatic heterocycles. The van der Waals surface area contributed by atoms with Gasteiger partial charge in [0.2, 0.25) is 0 Å². The average Bonchev–Trinajstić information content (AvgIpc) is 2.89. The maximum atomic E-state index is 11.6. The molecule has 1 saturated carbocycles. The third-order valence-corrected chi connectivity index (χ3v) is 8.29. The number of hydrogen-bond acceptors (Lipinski definition) is 3. The van der Waals surface area contributed by atoms with Gasteiger partial charge in [0.05, 0.1) is 6.04 Å². The van der Waals surface area contributed by atoms with Crippen LogP contribution >= 0.6 is 0 Å². The Balaban J connectivity index is 1.85. The van der Waals surface area contributed by atoms with E-state index < -0.39 is 0 Å². The monoisotopic (exact) mass is 482 g/mol. The first-order chi connectivity index (χ1) is 17.1. The molecule has 190 valence electrons. The van der Waals surface area contributed by atoms with Crippen molar-refractivity contribution in [3.05, 3.63) is 101 Å². The van der Waals surface area contributed by atoms with E-state index in [2.05, 4.69) is 113 Å². The number of aliphatic imine (C=N–C) groups is 1. The molecular formula is C33H42N2O. The molecule has 3 aromatic carbocycles. The number of phenols is 1. The summed E-state index contributed by atoms with van der Waals surface area (Å²) in [6.45, 7) is 8.91. The first-order valence-corrected chi connectivity index (χ1v) is 13.3. The Kier molecular flexibility index (Phi) is 7.70. The highest BCUT2D eigenvalue weighted by Gasteiger charge is 2.32. The van der Waals surface area contributed by atoms with Gasteiger partial charge in [-0.15, -0.1) is 0 Å². The van der Waals surface area contributed by atoms with Crippen LogP contribution in [0.2, 0.25) is 0 Å². The lowest BCUT2D eigenvalue weighted by Crippen LogP contribution is -2.40. The second-order valence-corrected chi connectivity index (χ2v) is 11.6. The van der Waals surface area contributed by atoms with Gasteiger partial charge in [0.1, 0.15) is 5.75 Å². The van der Waals surface area contributed by atoms with Gasteiger partial charge >= 0.3 is 0 Å². The molecule has 1 N–H and O–H groups in total. The zero-order valence-corrected chi connectivity index (χ0v) is 22.8. The quantitative estimate of drug-likeness (QED) is 0.358. The molecule has 0 aromatic heterocycles. The molecule has 0 radical (unpaired) electrons. The molecule has 3 heteroatoms. The van der Waals surface area contributed by atoms with Crippen molar-refractivity contribution >= 4 is 6.21 Å². The van der Waals surface area contributed by atoms with Crippen LogP contribution in [-0.2, 0) is 10.8 Å². The zero-order chi connectivity index (χ0) is 25.9. The fraction of sp³-hybridized carbons (Fsp3) is 0.424. The minimum atomic E-state index is -0.367. The second kappa shape index (κ2) is 10.6. The van der Waals surface area contributed by atoms with Gasteiger partial charge in [-0.25, -0.2) is 0 Å². The summed E-state index contributed by atoms with van der Waals surface area (Å²) in [5.74, 6) is 0.331. The first kappa shape index (κ1) is 26.2. The van der Waals surface area contributed by atoms with Gasteiger partial charge in [-0.05, 0) is 49.7 Å². The van der Waals surface area contributed by atoms with Crippen LogP contribution in [0.3, 0.4) is 0 Å². The zero-order valence-electron chi connectivity index (χ0n) is 22.8. The number of rotatable bonds is 7. The fourth-order valence-electron chi connectivity index (χ4n) is 5.67. The van der Waals surface area contributed by atoms with Gasteiger partial charge in [0.25, 0.3) is 0 Å².